The Morgan fingerprint density at radius 3 is 2.36 bits per heavy atom. The fraction of sp³-hybridized carbons (Fsp3) is 0.667. The molecule has 5 rings (SSSR count). The number of allylic oxidation sites excluding steroid dienone is 3. The highest BCUT2D eigenvalue weighted by atomic mass is 32.2. The van der Waals surface area contributed by atoms with Crippen LogP contribution in [0.15, 0.2) is 52.5 Å². The SMILES string of the molecule is Cc1ccc(S(=O)(=O)OC[C@H](C)[C@H]2CC[C@H]3/C(=C/C=C4C[C@@H](O)C5(CC5)[C@H](O)C4)CCC[C@]23C)cc1. The van der Waals surface area contributed by atoms with Crippen LogP contribution in [0.2, 0.25) is 0 Å². The molecule has 0 aliphatic heterocycles. The van der Waals surface area contributed by atoms with Gasteiger partial charge in [-0.1, -0.05) is 54.8 Å². The Morgan fingerprint density at radius 1 is 1.06 bits per heavy atom. The third kappa shape index (κ3) is 4.75. The van der Waals surface area contributed by atoms with Gasteiger partial charge in [-0.2, -0.15) is 8.42 Å². The third-order valence-corrected chi connectivity index (χ3v) is 11.4. The van der Waals surface area contributed by atoms with Crippen LogP contribution in [-0.4, -0.2) is 37.4 Å². The lowest BCUT2D eigenvalue weighted by Crippen LogP contribution is -2.38. The van der Waals surface area contributed by atoms with E-state index in [9.17, 15) is 18.6 Å². The summed E-state index contributed by atoms with van der Waals surface area (Å²) in [6.07, 6.45) is 12.5. The molecule has 1 aromatic carbocycles. The Balaban J connectivity index is 1.25. The highest BCUT2D eigenvalue weighted by Gasteiger charge is 2.56. The monoisotopic (exact) mass is 514 g/mol. The summed E-state index contributed by atoms with van der Waals surface area (Å²) < 4.78 is 31.0. The maximum atomic E-state index is 12.7. The molecule has 0 saturated heterocycles. The van der Waals surface area contributed by atoms with Crippen molar-refractivity contribution in [2.75, 3.05) is 6.61 Å². The predicted octanol–water partition coefficient (Wildman–Crippen LogP) is 5.70. The molecule has 5 nitrogen and oxygen atoms in total. The summed E-state index contributed by atoms with van der Waals surface area (Å²) in [5, 5.41) is 21.2. The van der Waals surface area contributed by atoms with E-state index in [0.29, 0.717) is 24.7 Å². The van der Waals surface area contributed by atoms with E-state index in [2.05, 4.69) is 26.0 Å². The summed E-state index contributed by atoms with van der Waals surface area (Å²) in [6.45, 7) is 6.68. The summed E-state index contributed by atoms with van der Waals surface area (Å²) >= 11 is 0. The quantitative estimate of drug-likeness (QED) is 0.476. The fourth-order valence-corrected chi connectivity index (χ4v) is 8.68. The Labute approximate surface area is 216 Å². The molecule has 1 spiro atoms. The second-order valence-electron chi connectivity index (χ2n) is 12.4. The molecular formula is C30H42O5S. The second kappa shape index (κ2) is 9.68. The molecule has 198 valence electrons. The van der Waals surface area contributed by atoms with E-state index < -0.39 is 22.3 Å². The Bertz CT molecular complexity index is 1110. The molecule has 6 atom stereocenters. The summed E-state index contributed by atoms with van der Waals surface area (Å²) in [5.41, 5.74) is 3.58. The zero-order chi connectivity index (χ0) is 25.7. The van der Waals surface area contributed by atoms with Crippen molar-refractivity contribution in [1.29, 1.82) is 0 Å². The summed E-state index contributed by atoms with van der Waals surface area (Å²) in [7, 11) is -3.76. The number of aliphatic hydroxyl groups excluding tert-OH is 2. The molecule has 2 N–H and O–H groups in total. The van der Waals surface area contributed by atoms with Crippen LogP contribution in [0, 0.1) is 35.5 Å². The van der Waals surface area contributed by atoms with Gasteiger partial charge in [0.05, 0.1) is 23.7 Å². The topological polar surface area (TPSA) is 83.8 Å². The first-order chi connectivity index (χ1) is 17.0. The van der Waals surface area contributed by atoms with Gasteiger partial charge in [0.2, 0.25) is 0 Å². The molecule has 4 aliphatic rings. The van der Waals surface area contributed by atoms with Gasteiger partial charge in [-0.05, 0) is 100 Å². The summed E-state index contributed by atoms with van der Waals surface area (Å²) in [6, 6.07) is 6.83. The minimum absolute atomic E-state index is 0.142. The van der Waals surface area contributed by atoms with Crippen LogP contribution in [0.3, 0.4) is 0 Å². The molecule has 6 heteroatoms. The van der Waals surface area contributed by atoms with Crippen molar-refractivity contribution in [3.8, 4) is 0 Å². The fourth-order valence-electron chi connectivity index (χ4n) is 7.68. The van der Waals surface area contributed by atoms with E-state index in [-0.39, 0.29) is 28.3 Å². The Kier molecular flexibility index (Phi) is 7.03. The van der Waals surface area contributed by atoms with Gasteiger partial charge in [-0.25, -0.2) is 0 Å². The van der Waals surface area contributed by atoms with Crippen molar-refractivity contribution in [2.24, 2.45) is 28.6 Å². The van der Waals surface area contributed by atoms with Gasteiger partial charge in [0.25, 0.3) is 10.1 Å². The Morgan fingerprint density at radius 2 is 1.72 bits per heavy atom. The lowest BCUT2D eigenvalue weighted by atomic mass is 9.61. The molecule has 0 radical (unpaired) electrons. The van der Waals surface area contributed by atoms with Gasteiger partial charge < -0.3 is 10.2 Å². The molecule has 4 aliphatic carbocycles. The maximum Gasteiger partial charge on any atom is 0.296 e. The first-order valence-corrected chi connectivity index (χ1v) is 15.2. The van der Waals surface area contributed by atoms with Crippen molar-refractivity contribution in [3.63, 3.8) is 0 Å². The molecule has 4 fully saturated rings. The number of aryl methyl sites for hydroxylation is 1. The van der Waals surface area contributed by atoms with Crippen LogP contribution in [-0.2, 0) is 14.3 Å². The third-order valence-electron chi connectivity index (χ3n) is 10.1. The lowest BCUT2D eigenvalue weighted by Gasteiger charge is -2.44. The highest BCUT2D eigenvalue weighted by molar-refractivity contribution is 7.86. The predicted molar refractivity (Wildman–Crippen MR) is 141 cm³/mol. The van der Waals surface area contributed by atoms with Gasteiger partial charge in [0.15, 0.2) is 0 Å². The normalized spacial score (nSPS) is 35.6. The second-order valence-corrected chi connectivity index (χ2v) is 14.0. The van der Waals surface area contributed by atoms with Crippen LogP contribution < -0.4 is 0 Å². The summed E-state index contributed by atoms with van der Waals surface area (Å²) in [4.78, 5) is 0.220. The van der Waals surface area contributed by atoms with Crippen molar-refractivity contribution in [1.82, 2.24) is 0 Å². The molecule has 1 aromatic rings. The zero-order valence-electron chi connectivity index (χ0n) is 21.9. The standard InChI is InChI=1S/C30H42O5S/c1-20-6-10-24(11-7-20)36(33,34)35-19-21(2)25-12-13-26-23(5-4-14-29(25,26)3)9-8-22-17-27(31)30(15-16-30)28(32)18-22/h6-11,21,25-28,31-32H,4-5,12-19H2,1-3H3/b23-9+/t21-,25+,26-,27+,28+,29+/m0/s1. The molecule has 0 amide bonds. The average Bonchev–Trinajstić information content (AvgIpc) is 3.56. The minimum Gasteiger partial charge on any atom is -0.392 e. The molecule has 4 saturated carbocycles. The first-order valence-electron chi connectivity index (χ1n) is 13.8. The Hall–Kier alpha value is -1.47. The van der Waals surface area contributed by atoms with Crippen LogP contribution >= 0.6 is 0 Å². The number of hydrogen-bond donors (Lipinski definition) is 2. The molecule has 0 aromatic heterocycles. The van der Waals surface area contributed by atoms with Crippen molar-refractivity contribution >= 4 is 10.1 Å². The first kappa shape index (κ1) is 26.1. The lowest BCUT2D eigenvalue weighted by molar-refractivity contribution is -0.0225. The zero-order valence-corrected chi connectivity index (χ0v) is 22.8. The van der Waals surface area contributed by atoms with E-state index in [1.807, 2.05) is 6.92 Å². The van der Waals surface area contributed by atoms with Gasteiger partial charge in [0, 0.05) is 5.41 Å². The largest absolute Gasteiger partial charge is 0.392 e. The van der Waals surface area contributed by atoms with Gasteiger partial charge in [-0.3, -0.25) is 4.18 Å². The van der Waals surface area contributed by atoms with E-state index in [4.69, 9.17) is 4.18 Å². The van der Waals surface area contributed by atoms with Crippen LogP contribution in [0.25, 0.3) is 0 Å². The van der Waals surface area contributed by atoms with E-state index in [1.165, 1.54) is 5.57 Å². The molecule has 0 bridgehead atoms. The molecule has 0 heterocycles. The molecule has 0 unspecified atom stereocenters. The highest BCUT2D eigenvalue weighted by Crippen LogP contribution is 2.60. The maximum absolute atomic E-state index is 12.7. The van der Waals surface area contributed by atoms with Gasteiger partial charge in [-0.15, -0.1) is 0 Å². The van der Waals surface area contributed by atoms with Crippen LogP contribution in [0.4, 0.5) is 0 Å². The molecular weight excluding hydrogens is 472 g/mol. The van der Waals surface area contributed by atoms with E-state index in [0.717, 1.165) is 56.1 Å². The van der Waals surface area contributed by atoms with Crippen molar-refractivity contribution in [3.05, 3.63) is 53.1 Å². The summed E-state index contributed by atoms with van der Waals surface area (Å²) in [5.74, 6) is 1.06. The number of rotatable bonds is 6. The van der Waals surface area contributed by atoms with Gasteiger partial charge in [0.1, 0.15) is 0 Å². The van der Waals surface area contributed by atoms with Crippen molar-refractivity contribution < 1.29 is 22.8 Å². The number of benzene rings is 1. The smallest absolute Gasteiger partial charge is 0.296 e. The van der Waals surface area contributed by atoms with Crippen molar-refractivity contribution in [2.45, 2.75) is 95.7 Å². The number of hydrogen-bond acceptors (Lipinski definition) is 5. The van der Waals surface area contributed by atoms with Crippen LogP contribution in [0.5, 0.6) is 0 Å². The van der Waals surface area contributed by atoms with Crippen LogP contribution in [0.1, 0.15) is 77.2 Å². The average molecular weight is 515 g/mol. The van der Waals surface area contributed by atoms with E-state index in [1.54, 1.807) is 24.3 Å². The minimum atomic E-state index is -3.76. The number of aliphatic hydroxyl groups is 2. The molecule has 36 heavy (non-hydrogen) atoms. The number of fused-ring (bicyclic) bond motifs is 1. The van der Waals surface area contributed by atoms with E-state index >= 15 is 0 Å². The van der Waals surface area contributed by atoms with Gasteiger partial charge >= 0.3 is 0 Å².